The first-order valence-corrected chi connectivity index (χ1v) is 5.92. The molecule has 3 N–H and O–H groups in total. The predicted molar refractivity (Wildman–Crippen MR) is 64.7 cm³/mol. The Morgan fingerprint density at radius 3 is 2.59 bits per heavy atom. The minimum absolute atomic E-state index is 0.258. The van der Waals surface area contributed by atoms with Gasteiger partial charge in [-0.15, -0.1) is 0 Å². The first-order valence-electron chi connectivity index (χ1n) is 5.92. The Kier molecular flexibility index (Phi) is 5.00. The van der Waals surface area contributed by atoms with Gasteiger partial charge < -0.3 is 15.7 Å². The van der Waals surface area contributed by atoms with Crippen LogP contribution in [0.4, 0.5) is 4.79 Å². The Morgan fingerprint density at radius 1 is 1.35 bits per heavy atom. The summed E-state index contributed by atoms with van der Waals surface area (Å²) in [7, 11) is 0. The van der Waals surface area contributed by atoms with Crippen LogP contribution in [0.5, 0.6) is 0 Å². The summed E-state index contributed by atoms with van der Waals surface area (Å²) in [5.41, 5.74) is 0.860. The molecule has 0 spiro atoms. The molecule has 0 aliphatic heterocycles. The van der Waals surface area contributed by atoms with Crippen LogP contribution < -0.4 is 10.6 Å². The molecule has 2 amide bonds. The molecule has 0 radical (unpaired) electrons. The lowest BCUT2D eigenvalue weighted by molar-refractivity contribution is -0.143. The van der Waals surface area contributed by atoms with Crippen molar-refractivity contribution in [1.29, 1.82) is 0 Å². The van der Waals surface area contributed by atoms with Crippen LogP contribution in [0.1, 0.15) is 32.6 Å². The molecule has 17 heavy (non-hydrogen) atoms. The number of amides is 2. The lowest BCUT2D eigenvalue weighted by atomic mass is 9.84. The monoisotopic (exact) mass is 240 g/mol. The summed E-state index contributed by atoms with van der Waals surface area (Å²) in [5, 5.41) is 14.4. The molecule has 2 unspecified atom stereocenters. The zero-order valence-electron chi connectivity index (χ0n) is 10.2. The topological polar surface area (TPSA) is 78.4 Å². The third-order valence-electron chi connectivity index (χ3n) is 2.95. The summed E-state index contributed by atoms with van der Waals surface area (Å²) in [6, 6.07) is -0.572. The Hall–Kier alpha value is -1.52. The Bertz CT molecular complexity index is 315. The summed E-state index contributed by atoms with van der Waals surface area (Å²) in [4.78, 5) is 22.6. The van der Waals surface area contributed by atoms with Gasteiger partial charge in [0.25, 0.3) is 0 Å². The van der Waals surface area contributed by atoms with Gasteiger partial charge in [0, 0.05) is 12.6 Å². The van der Waals surface area contributed by atoms with Gasteiger partial charge in [-0.05, 0) is 19.8 Å². The van der Waals surface area contributed by atoms with Crippen molar-refractivity contribution in [3.05, 3.63) is 12.2 Å². The largest absolute Gasteiger partial charge is 0.481 e. The molecular formula is C12H20N2O3. The second-order valence-corrected chi connectivity index (χ2v) is 4.62. The van der Waals surface area contributed by atoms with Gasteiger partial charge in [-0.25, -0.2) is 4.79 Å². The molecule has 0 heterocycles. The fourth-order valence-corrected chi connectivity index (χ4v) is 2.05. The van der Waals surface area contributed by atoms with Gasteiger partial charge in [-0.3, -0.25) is 4.79 Å². The summed E-state index contributed by atoms with van der Waals surface area (Å²) in [6.45, 7) is 5.91. The van der Waals surface area contributed by atoms with Crippen molar-refractivity contribution in [3.63, 3.8) is 0 Å². The van der Waals surface area contributed by atoms with E-state index in [9.17, 15) is 9.59 Å². The Balaban J connectivity index is 2.44. The fourth-order valence-electron chi connectivity index (χ4n) is 2.05. The molecular weight excluding hydrogens is 220 g/mol. The number of rotatable bonds is 4. The molecule has 1 aliphatic rings. The summed E-state index contributed by atoms with van der Waals surface area (Å²) < 4.78 is 0. The lowest BCUT2D eigenvalue weighted by Crippen LogP contribution is -2.49. The Labute approximate surface area is 101 Å². The number of carboxylic acids is 1. The maximum atomic E-state index is 11.5. The number of carbonyl (C=O) groups excluding carboxylic acids is 1. The van der Waals surface area contributed by atoms with Crippen molar-refractivity contribution < 1.29 is 14.7 Å². The van der Waals surface area contributed by atoms with Crippen LogP contribution in [-0.4, -0.2) is 29.7 Å². The van der Waals surface area contributed by atoms with E-state index in [0.717, 1.165) is 24.8 Å². The molecule has 96 valence electrons. The van der Waals surface area contributed by atoms with Crippen LogP contribution in [0.15, 0.2) is 12.2 Å². The molecule has 0 bridgehead atoms. The average Bonchev–Trinajstić information content (AvgIpc) is 2.27. The maximum Gasteiger partial charge on any atom is 0.315 e. The van der Waals surface area contributed by atoms with Crippen molar-refractivity contribution in [2.24, 2.45) is 5.92 Å². The third-order valence-corrected chi connectivity index (χ3v) is 2.95. The SMILES string of the molecule is C=C(C)CNC(=O)NC1CCCCC1C(=O)O. The highest BCUT2D eigenvalue weighted by atomic mass is 16.4. The standard InChI is InChI=1S/C12H20N2O3/c1-8(2)7-13-12(17)14-10-6-4-3-5-9(10)11(15)16/h9-10H,1,3-7H2,2H3,(H,15,16)(H2,13,14,17). The highest BCUT2D eigenvalue weighted by Gasteiger charge is 2.31. The van der Waals surface area contributed by atoms with Crippen molar-refractivity contribution >= 4 is 12.0 Å². The summed E-state index contributed by atoms with van der Waals surface area (Å²) in [6.07, 6.45) is 3.26. The molecule has 5 heteroatoms. The van der Waals surface area contributed by atoms with E-state index in [-0.39, 0.29) is 12.1 Å². The van der Waals surface area contributed by atoms with Crippen LogP contribution in [-0.2, 0) is 4.79 Å². The van der Waals surface area contributed by atoms with Crippen molar-refractivity contribution in [3.8, 4) is 0 Å². The fraction of sp³-hybridized carbons (Fsp3) is 0.667. The van der Waals surface area contributed by atoms with Gasteiger partial charge in [-0.1, -0.05) is 25.0 Å². The molecule has 1 aliphatic carbocycles. The molecule has 2 atom stereocenters. The van der Waals surface area contributed by atoms with E-state index in [2.05, 4.69) is 17.2 Å². The van der Waals surface area contributed by atoms with Crippen LogP contribution in [0, 0.1) is 5.92 Å². The average molecular weight is 240 g/mol. The van der Waals surface area contributed by atoms with Gasteiger partial charge in [0.15, 0.2) is 0 Å². The van der Waals surface area contributed by atoms with Crippen LogP contribution in [0.2, 0.25) is 0 Å². The van der Waals surface area contributed by atoms with E-state index < -0.39 is 11.9 Å². The van der Waals surface area contributed by atoms with Gasteiger partial charge in [0.2, 0.25) is 0 Å². The Morgan fingerprint density at radius 2 is 2.00 bits per heavy atom. The van der Waals surface area contributed by atoms with Gasteiger partial charge in [-0.2, -0.15) is 0 Å². The lowest BCUT2D eigenvalue weighted by Gasteiger charge is -2.29. The molecule has 5 nitrogen and oxygen atoms in total. The van der Waals surface area contributed by atoms with E-state index in [1.54, 1.807) is 0 Å². The zero-order valence-corrected chi connectivity index (χ0v) is 10.2. The highest BCUT2D eigenvalue weighted by molar-refractivity contribution is 5.77. The maximum absolute atomic E-state index is 11.5. The first kappa shape index (κ1) is 13.5. The molecule has 1 fully saturated rings. The number of nitrogens with one attached hydrogen (secondary N) is 2. The van der Waals surface area contributed by atoms with E-state index in [1.807, 2.05) is 6.92 Å². The first-order chi connectivity index (χ1) is 8.00. The number of aliphatic carboxylic acids is 1. The second kappa shape index (κ2) is 6.27. The van der Waals surface area contributed by atoms with Gasteiger partial charge >= 0.3 is 12.0 Å². The van der Waals surface area contributed by atoms with Crippen molar-refractivity contribution in [2.45, 2.75) is 38.6 Å². The quantitative estimate of drug-likeness (QED) is 0.652. The molecule has 0 aromatic carbocycles. The number of hydrogen-bond acceptors (Lipinski definition) is 2. The zero-order chi connectivity index (χ0) is 12.8. The number of urea groups is 1. The number of carbonyl (C=O) groups is 2. The highest BCUT2D eigenvalue weighted by Crippen LogP contribution is 2.24. The predicted octanol–water partition coefficient (Wildman–Crippen LogP) is 1.51. The third kappa shape index (κ3) is 4.46. The molecule has 1 saturated carbocycles. The molecule has 0 saturated heterocycles. The summed E-state index contributed by atoms with van der Waals surface area (Å²) >= 11 is 0. The normalized spacial score (nSPS) is 23.8. The summed E-state index contributed by atoms with van der Waals surface area (Å²) in [5.74, 6) is -1.28. The van der Waals surface area contributed by atoms with Crippen LogP contribution in [0.25, 0.3) is 0 Å². The van der Waals surface area contributed by atoms with E-state index in [0.29, 0.717) is 13.0 Å². The molecule has 0 aromatic heterocycles. The van der Waals surface area contributed by atoms with E-state index >= 15 is 0 Å². The van der Waals surface area contributed by atoms with Crippen LogP contribution in [0.3, 0.4) is 0 Å². The van der Waals surface area contributed by atoms with E-state index in [4.69, 9.17) is 5.11 Å². The van der Waals surface area contributed by atoms with E-state index in [1.165, 1.54) is 0 Å². The number of carboxylic acid groups (broad SMARTS) is 1. The molecule has 0 aromatic rings. The number of hydrogen-bond donors (Lipinski definition) is 3. The van der Waals surface area contributed by atoms with Crippen molar-refractivity contribution in [1.82, 2.24) is 10.6 Å². The minimum atomic E-state index is -0.824. The van der Waals surface area contributed by atoms with Gasteiger partial charge in [0.1, 0.15) is 0 Å². The molecule has 1 rings (SSSR count). The minimum Gasteiger partial charge on any atom is -0.481 e. The van der Waals surface area contributed by atoms with Crippen molar-refractivity contribution in [2.75, 3.05) is 6.54 Å². The van der Waals surface area contributed by atoms with Crippen LogP contribution >= 0.6 is 0 Å². The smallest absolute Gasteiger partial charge is 0.315 e. The van der Waals surface area contributed by atoms with Gasteiger partial charge in [0.05, 0.1) is 5.92 Å². The second-order valence-electron chi connectivity index (χ2n) is 4.62.